The minimum absolute atomic E-state index is 0.0117. The summed E-state index contributed by atoms with van der Waals surface area (Å²) >= 11 is 0. The Kier molecular flexibility index (Phi) is 1.57. The number of aromatic hydroxyl groups is 1. The zero-order chi connectivity index (χ0) is 11.3. The van der Waals surface area contributed by atoms with E-state index in [1.54, 1.807) is 0 Å². The molecule has 0 unspecified atom stereocenters. The van der Waals surface area contributed by atoms with Gasteiger partial charge < -0.3 is 15.8 Å². The van der Waals surface area contributed by atoms with E-state index in [0.717, 1.165) is 6.20 Å². The maximum Gasteiger partial charge on any atom is 0.168 e. The quantitative estimate of drug-likeness (QED) is 0.534. The lowest BCUT2D eigenvalue weighted by atomic mass is 10.2. The highest BCUT2D eigenvalue weighted by atomic mass is 19.1. The van der Waals surface area contributed by atoms with E-state index < -0.39 is 5.82 Å². The van der Waals surface area contributed by atoms with E-state index in [-0.39, 0.29) is 11.6 Å². The standard InChI is InChI=1S/C10H7FN4O/c11-4-1-5-7-6(15-10(5)14-2-4)3-13-9(12)8(7)16/h1-3,16H,(H2,12,13)(H,14,15). The van der Waals surface area contributed by atoms with Gasteiger partial charge in [0.1, 0.15) is 11.5 Å². The van der Waals surface area contributed by atoms with Gasteiger partial charge in [0.2, 0.25) is 0 Å². The zero-order valence-corrected chi connectivity index (χ0v) is 8.03. The van der Waals surface area contributed by atoms with Gasteiger partial charge in [0.15, 0.2) is 11.6 Å². The molecule has 0 radical (unpaired) electrons. The number of aromatic amines is 1. The number of anilines is 1. The SMILES string of the molecule is Nc1ncc2[nH]c3ncc(F)cc3c2c1O. The Bertz CT molecular complexity index is 707. The fourth-order valence-electron chi connectivity index (χ4n) is 1.74. The van der Waals surface area contributed by atoms with Crippen molar-refractivity contribution < 1.29 is 9.50 Å². The second-order valence-electron chi connectivity index (χ2n) is 3.46. The average molecular weight is 218 g/mol. The number of nitrogens with two attached hydrogens (primary N) is 1. The van der Waals surface area contributed by atoms with Crippen LogP contribution in [0, 0.1) is 5.82 Å². The molecule has 3 rings (SSSR count). The van der Waals surface area contributed by atoms with Crippen molar-refractivity contribution >= 4 is 27.8 Å². The van der Waals surface area contributed by atoms with Crippen molar-refractivity contribution in [2.24, 2.45) is 0 Å². The van der Waals surface area contributed by atoms with Crippen molar-refractivity contribution in [3.05, 3.63) is 24.3 Å². The molecule has 16 heavy (non-hydrogen) atoms. The number of pyridine rings is 2. The van der Waals surface area contributed by atoms with Crippen molar-refractivity contribution in [2.75, 3.05) is 5.73 Å². The molecule has 3 heterocycles. The first-order valence-corrected chi connectivity index (χ1v) is 4.57. The van der Waals surface area contributed by atoms with E-state index in [4.69, 9.17) is 5.73 Å². The topological polar surface area (TPSA) is 87.8 Å². The molecule has 0 amide bonds. The van der Waals surface area contributed by atoms with Gasteiger partial charge in [0.25, 0.3) is 0 Å². The van der Waals surface area contributed by atoms with Crippen molar-refractivity contribution in [2.45, 2.75) is 0 Å². The van der Waals surface area contributed by atoms with Crippen LogP contribution in [-0.2, 0) is 0 Å². The predicted molar refractivity (Wildman–Crippen MR) is 57.4 cm³/mol. The highest BCUT2D eigenvalue weighted by Gasteiger charge is 2.12. The van der Waals surface area contributed by atoms with Crippen molar-refractivity contribution in [3.8, 4) is 5.75 Å². The highest BCUT2D eigenvalue weighted by Crippen LogP contribution is 2.34. The van der Waals surface area contributed by atoms with E-state index in [2.05, 4.69) is 15.0 Å². The number of rotatable bonds is 0. The summed E-state index contributed by atoms with van der Waals surface area (Å²) in [5.74, 6) is -0.614. The van der Waals surface area contributed by atoms with E-state index in [9.17, 15) is 9.50 Å². The van der Waals surface area contributed by atoms with E-state index in [1.807, 2.05) is 0 Å². The van der Waals surface area contributed by atoms with Crippen LogP contribution in [0.1, 0.15) is 0 Å². The number of hydrogen-bond acceptors (Lipinski definition) is 4. The lowest BCUT2D eigenvalue weighted by Gasteiger charge is -1.98. The molecule has 4 N–H and O–H groups in total. The van der Waals surface area contributed by atoms with Crippen molar-refractivity contribution in [3.63, 3.8) is 0 Å². The number of nitrogens with zero attached hydrogens (tertiary/aromatic N) is 2. The fraction of sp³-hybridized carbons (Fsp3) is 0. The first kappa shape index (κ1) is 8.90. The Morgan fingerprint density at radius 3 is 2.94 bits per heavy atom. The molecule has 0 saturated heterocycles. The largest absolute Gasteiger partial charge is 0.504 e. The van der Waals surface area contributed by atoms with E-state index in [1.165, 1.54) is 12.3 Å². The number of halogens is 1. The summed E-state index contributed by atoms with van der Waals surface area (Å²) in [5, 5.41) is 10.7. The summed E-state index contributed by atoms with van der Waals surface area (Å²) in [6.45, 7) is 0. The van der Waals surface area contributed by atoms with Gasteiger partial charge >= 0.3 is 0 Å². The first-order chi connectivity index (χ1) is 7.66. The molecule has 3 aromatic heterocycles. The molecule has 0 bridgehead atoms. The van der Waals surface area contributed by atoms with Gasteiger partial charge in [-0.1, -0.05) is 0 Å². The molecule has 5 nitrogen and oxygen atoms in total. The van der Waals surface area contributed by atoms with E-state index >= 15 is 0 Å². The molecule has 80 valence electrons. The van der Waals surface area contributed by atoms with Crippen molar-refractivity contribution in [1.82, 2.24) is 15.0 Å². The zero-order valence-electron chi connectivity index (χ0n) is 8.03. The van der Waals surface area contributed by atoms with Gasteiger partial charge in [-0.25, -0.2) is 14.4 Å². The number of hydrogen-bond donors (Lipinski definition) is 3. The Hall–Kier alpha value is -2.37. The van der Waals surface area contributed by atoms with Gasteiger partial charge in [0, 0.05) is 5.39 Å². The Morgan fingerprint density at radius 1 is 1.31 bits per heavy atom. The summed E-state index contributed by atoms with van der Waals surface area (Å²) in [7, 11) is 0. The lowest BCUT2D eigenvalue weighted by molar-refractivity contribution is 0.482. The maximum absolute atomic E-state index is 13.1. The van der Waals surface area contributed by atoms with Gasteiger partial charge in [-0.15, -0.1) is 0 Å². The second-order valence-corrected chi connectivity index (χ2v) is 3.46. The molecule has 0 spiro atoms. The number of nitrogens with one attached hydrogen (secondary N) is 1. The monoisotopic (exact) mass is 218 g/mol. The minimum Gasteiger partial charge on any atom is -0.504 e. The van der Waals surface area contributed by atoms with Crippen LogP contribution in [0.25, 0.3) is 21.9 Å². The van der Waals surface area contributed by atoms with Gasteiger partial charge in [-0.05, 0) is 6.07 Å². The average Bonchev–Trinajstić information content (AvgIpc) is 2.62. The predicted octanol–water partition coefficient (Wildman–Crippen LogP) is 1.54. The molecule has 6 heteroatoms. The molecule has 0 aliphatic heterocycles. The third kappa shape index (κ3) is 1.04. The Morgan fingerprint density at radius 2 is 2.12 bits per heavy atom. The summed E-state index contributed by atoms with van der Waals surface area (Å²) < 4.78 is 13.1. The maximum atomic E-state index is 13.1. The van der Waals surface area contributed by atoms with Crippen molar-refractivity contribution in [1.29, 1.82) is 0 Å². The van der Waals surface area contributed by atoms with Crippen LogP contribution < -0.4 is 5.73 Å². The summed E-state index contributed by atoms with van der Waals surface area (Å²) in [4.78, 5) is 10.6. The van der Waals surface area contributed by atoms with E-state index in [0.29, 0.717) is 21.9 Å². The number of nitrogen functional groups attached to an aromatic ring is 1. The third-order valence-corrected chi connectivity index (χ3v) is 2.46. The molecule has 0 atom stereocenters. The fourth-order valence-corrected chi connectivity index (χ4v) is 1.74. The van der Waals surface area contributed by atoms with Gasteiger partial charge in [-0.3, -0.25) is 0 Å². The normalized spacial score (nSPS) is 11.3. The lowest BCUT2D eigenvalue weighted by Crippen LogP contribution is -1.89. The minimum atomic E-state index is -0.469. The van der Waals surface area contributed by atoms with Crippen LogP contribution in [0.3, 0.4) is 0 Å². The number of aromatic nitrogens is 3. The summed E-state index contributed by atoms with van der Waals surface area (Å²) in [5.41, 5.74) is 6.54. The Labute approximate surface area is 88.7 Å². The summed E-state index contributed by atoms with van der Waals surface area (Å²) in [6, 6.07) is 1.29. The van der Waals surface area contributed by atoms with Crippen LogP contribution in [0.4, 0.5) is 10.2 Å². The number of H-pyrrole nitrogens is 1. The molecule has 0 aliphatic rings. The Balaban J connectivity index is 2.60. The van der Waals surface area contributed by atoms with Crippen LogP contribution >= 0.6 is 0 Å². The molecular weight excluding hydrogens is 211 g/mol. The third-order valence-electron chi connectivity index (χ3n) is 2.46. The van der Waals surface area contributed by atoms with Crippen LogP contribution in [0.15, 0.2) is 18.5 Å². The van der Waals surface area contributed by atoms with Gasteiger partial charge in [0.05, 0.1) is 23.3 Å². The van der Waals surface area contributed by atoms with Gasteiger partial charge in [-0.2, -0.15) is 0 Å². The molecule has 0 saturated carbocycles. The summed E-state index contributed by atoms with van der Waals surface area (Å²) in [6.07, 6.45) is 2.58. The molecule has 0 fully saturated rings. The van der Waals surface area contributed by atoms with Crippen LogP contribution in [-0.4, -0.2) is 20.1 Å². The van der Waals surface area contributed by atoms with Crippen LogP contribution in [0.2, 0.25) is 0 Å². The highest BCUT2D eigenvalue weighted by molar-refractivity contribution is 6.10. The molecule has 0 aromatic carbocycles. The second kappa shape index (κ2) is 2.82. The first-order valence-electron chi connectivity index (χ1n) is 4.57. The molecule has 0 aliphatic carbocycles. The van der Waals surface area contributed by atoms with Crippen LogP contribution in [0.5, 0.6) is 5.75 Å². The molecular formula is C10H7FN4O. The smallest absolute Gasteiger partial charge is 0.168 e. The molecule has 3 aromatic rings. The number of fused-ring (bicyclic) bond motifs is 3.